The molecule has 0 saturated heterocycles. The smallest absolute Gasteiger partial charge is 0.237 e. The van der Waals surface area contributed by atoms with E-state index in [-0.39, 0.29) is 5.91 Å². The first-order valence-electron chi connectivity index (χ1n) is 6.93. The van der Waals surface area contributed by atoms with Crippen LogP contribution >= 0.6 is 11.8 Å². The fraction of sp³-hybridized carbons (Fsp3) is 0.235. The normalized spacial score (nSPS) is 13.1. The molecule has 2 aromatic carbocycles. The van der Waals surface area contributed by atoms with Gasteiger partial charge in [0.05, 0.1) is 12.9 Å². The number of ether oxygens (including phenoxy) is 1. The second-order valence-electron chi connectivity index (χ2n) is 4.89. The number of carbonyl (C=O) groups is 1. The Morgan fingerprint density at radius 2 is 1.95 bits per heavy atom. The van der Waals surface area contributed by atoms with Crippen LogP contribution in [-0.4, -0.2) is 25.3 Å². The Bertz CT molecular complexity index is 639. The number of thioether (sulfide) groups is 1. The number of hydrogen-bond acceptors (Lipinski definition) is 3. The number of para-hydroxylation sites is 1. The van der Waals surface area contributed by atoms with Crippen molar-refractivity contribution in [3.05, 3.63) is 54.1 Å². The molecular formula is C17H17NO2S. The van der Waals surface area contributed by atoms with Gasteiger partial charge in [-0.3, -0.25) is 4.79 Å². The van der Waals surface area contributed by atoms with Gasteiger partial charge in [0, 0.05) is 17.1 Å². The zero-order valence-corrected chi connectivity index (χ0v) is 12.7. The highest BCUT2D eigenvalue weighted by atomic mass is 32.2. The molecule has 3 nitrogen and oxygen atoms in total. The summed E-state index contributed by atoms with van der Waals surface area (Å²) < 4.78 is 5.13. The summed E-state index contributed by atoms with van der Waals surface area (Å²) in [7, 11) is 1.65. The molecule has 0 saturated carbocycles. The monoisotopic (exact) mass is 299 g/mol. The van der Waals surface area contributed by atoms with Crippen molar-refractivity contribution in [3.63, 3.8) is 0 Å². The minimum absolute atomic E-state index is 0.167. The molecule has 0 unspecified atom stereocenters. The van der Waals surface area contributed by atoms with Gasteiger partial charge in [0.15, 0.2) is 0 Å². The molecule has 1 amide bonds. The first-order valence-corrected chi connectivity index (χ1v) is 7.91. The van der Waals surface area contributed by atoms with Crippen molar-refractivity contribution in [2.45, 2.75) is 11.3 Å². The summed E-state index contributed by atoms with van der Waals surface area (Å²) in [4.78, 5) is 15.4. The highest BCUT2D eigenvalue weighted by Crippen LogP contribution is 2.29. The summed E-state index contributed by atoms with van der Waals surface area (Å²) in [5, 5.41) is 0. The summed E-state index contributed by atoms with van der Waals surface area (Å²) in [5.74, 6) is 1.46. The molecule has 0 aliphatic carbocycles. The molecule has 1 aliphatic rings. The number of fused-ring (bicyclic) bond motifs is 1. The van der Waals surface area contributed by atoms with Gasteiger partial charge in [0.1, 0.15) is 5.75 Å². The van der Waals surface area contributed by atoms with Crippen LogP contribution in [0.4, 0.5) is 5.69 Å². The molecule has 3 rings (SSSR count). The lowest BCUT2D eigenvalue weighted by Gasteiger charge is -2.17. The van der Waals surface area contributed by atoms with Crippen LogP contribution in [0.2, 0.25) is 0 Å². The van der Waals surface area contributed by atoms with E-state index in [4.69, 9.17) is 4.74 Å². The topological polar surface area (TPSA) is 29.5 Å². The van der Waals surface area contributed by atoms with Gasteiger partial charge in [-0.2, -0.15) is 0 Å². The second-order valence-corrected chi connectivity index (χ2v) is 5.94. The van der Waals surface area contributed by atoms with Crippen molar-refractivity contribution in [2.75, 3.05) is 24.3 Å². The van der Waals surface area contributed by atoms with Gasteiger partial charge in [0.25, 0.3) is 0 Å². The van der Waals surface area contributed by atoms with E-state index in [1.165, 1.54) is 5.56 Å². The molecule has 2 aromatic rings. The molecule has 0 aromatic heterocycles. The Labute approximate surface area is 128 Å². The Balaban J connectivity index is 1.62. The van der Waals surface area contributed by atoms with Gasteiger partial charge in [-0.15, -0.1) is 11.8 Å². The fourth-order valence-electron chi connectivity index (χ4n) is 2.49. The molecule has 108 valence electrons. The lowest BCUT2D eigenvalue weighted by Crippen LogP contribution is -2.30. The third-order valence-electron chi connectivity index (χ3n) is 3.61. The molecular weight excluding hydrogens is 282 g/mol. The molecule has 0 atom stereocenters. The SMILES string of the molecule is COc1ccc(SCC(=O)N2CCc3ccccc32)cc1. The third kappa shape index (κ3) is 3.05. The Hall–Kier alpha value is -1.94. The predicted molar refractivity (Wildman–Crippen MR) is 86.2 cm³/mol. The van der Waals surface area contributed by atoms with Gasteiger partial charge in [-0.1, -0.05) is 18.2 Å². The van der Waals surface area contributed by atoms with E-state index in [0.717, 1.165) is 29.3 Å². The lowest BCUT2D eigenvalue weighted by molar-refractivity contribution is -0.116. The maximum absolute atomic E-state index is 12.4. The van der Waals surface area contributed by atoms with Crippen molar-refractivity contribution >= 4 is 23.4 Å². The van der Waals surface area contributed by atoms with Crippen LogP contribution in [0, 0.1) is 0 Å². The summed E-state index contributed by atoms with van der Waals surface area (Å²) in [5.41, 5.74) is 2.33. The largest absolute Gasteiger partial charge is 0.497 e. The molecule has 1 heterocycles. The van der Waals surface area contributed by atoms with Gasteiger partial charge >= 0.3 is 0 Å². The predicted octanol–water partition coefficient (Wildman–Crippen LogP) is 3.38. The van der Waals surface area contributed by atoms with Crippen molar-refractivity contribution in [2.24, 2.45) is 0 Å². The minimum atomic E-state index is 0.167. The molecule has 1 aliphatic heterocycles. The maximum Gasteiger partial charge on any atom is 0.237 e. The summed E-state index contributed by atoms with van der Waals surface area (Å²) in [6.07, 6.45) is 0.953. The van der Waals surface area contributed by atoms with E-state index in [1.807, 2.05) is 47.4 Å². The minimum Gasteiger partial charge on any atom is -0.497 e. The average Bonchev–Trinajstić information content (AvgIpc) is 2.97. The zero-order chi connectivity index (χ0) is 14.7. The van der Waals surface area contributed by atoms with Crippen LogP contribution in [0.1, 0.15) is 5.56 Å². The standard InChI is InChI=1S/C17H17NO2S/c1-20-14-6-8-15(9-7-14)21-12-17(19)18-11-10-13-4-2-3-5-16(13)18/h2-9H,10-12H2,1H3. The van der Waals surface area contributed by atoms with Crippen LogP contribution in [-0.2, 0) is 11.2 Å². The zero-order valence-electron chi connectivity index (χ0n) is 11.9. The van der Waals surface area contributed by atoms with Gasteiger partial charge in [0.2, 0.25) is 5.91 Å². The van der Waals surface area contributed by atoms with Crippen molar-refractivity contribution in [1.82, 2.24) is 0 Å². The number of methoxy groups -OCH3 is 1. The highest BCUT2D eigenvalue weighted by Gasteiger charge is 2.23. The number of carbonyl (C=O) groups excluding carboxylic acids is 1. The number of benzene rings is 2. The first-order chi connectivity index (χ1) is 10.3. The van der Waals surface area contributed by atoms with E-state index < -0.39 is 0 Å². The molecule has 21 heavy (non-hydrogen) atoms. The van der Waals surface area contributed by atoms with Crippen LogP contribution in [0.15, 0.2) is 53.4 Å². The summed E-state index contributed by atoms with van der Waals surface area (Å²) in [6.45, 7) is 0.793. The van der Waals surface area contributed by atoms with E-state index >= 15 is 0 Å². The van der Waals surface area contributed by atoms with Crippen LogP contribution in [0.25, 0.3) is 0 Å². The van der Waals surface area contributed by atoms with E-state index in [1.54, 1.807) is 18.9 Å². The van der Waals surface area contributed by atoms with Gasteiger partial charge in [-0.25, -0.2) is 0 Å². The Kier molecular flexibility index (Phi) is 4.15. The van der Waals surface area contributed by atoms with Crippen molar-refractivity contribution in [3.8, 4) is 5.75 Å². The second kappa shape index (κ2) is 6.22. The van der Waals surface area contributed by atoms with E-state index in [9.17, 15) is 4.79 Å². The van der Waals surface area contributed by atoms with E-state index in [0.29, 0.717) is 5.75 Å². The molecule has 0 spiro atoms. The Morgan fingerprint density at radius 3 is 2.71 bits per heavy atom. The number of nitrogens with zero attached hydrogens (tertiary/aromatic N) is 1. The molecule has 0 N–H and O–H groups in total. The maximum atomic E-state index is 12.4. The number of hydrogen-bond donors (Lipinski definition) is 0. The number of rotatable bonds is 4. The molecule has 4 heteroatoms. The lowest BCUT2D eigenvalue weighted by atomic mass is 10.2. The summed E-state index contributed by atoms with van der Waals surface area (Å²) >= 11 is 1.56. The first kappa shape index (κ1) is 14.0. The van der Waals surface area contributed by atoms with Crippen LogP contribution in [0.5, 0.6) is 5.75 Å². The van der Waals surface area contributed by atoms with Crippen molar-refractivity contribution < 1.29 is 9.53 Å². The Morgan fingerprint density at radius 1 is 1.19 bits per heavy atom. The highest BCUT2D eigenvalue weighted by molar-refractivity contribution is 8.00. The molecule has 0 fully saturated rings. The summed E-state index contributed by atoms with van der Waals surface area (Å²) in [6, 6.07) is 15.9. The molecule has 0 radical (unpaired) electrons. The number of anilines is 1. The quantitative estimate of drug-likeness (QED) is 0.811. The number of amides is 1. The fourth-order valence-corrected chi connectivity index (χ4v) is 3.27. The van der Waals surface area contributed by atoms with Crippen LogP contribution in [0.3, 0.4) is 0 Å². The average molecular weight is 299 g/mol. The third-order valence-corrected chi connectivity index (χ3v) is 4.61. The molecule has 0 bridgehead atoms. The van der Waals surface area contributed by atoms with Crippen molar-refractivity contribution in [1.29, 1.82) is 0 Å². The van der Waals surface area contributed by atoms with Gasteiger partial charge < -0.3 is 9.64 Å². The van der Waals surface area contributed by atoms with Gasteiger partial charge in [-0.05, 0) is 42.3 Å². The van der Waals surface area contributed by atoms with Crippen LogP contribution < -0.4 is 9.64 Å². The van der Waals surface area contributed by atoms with E-state index in [2.05, 4.69) is 6.07 Å².